The molecule has 0 aromatic heterocycles. The Bertz CT molecular complexity index is 678. The summed E-state index contributed by atoms with van der Waals surface area (Å²) in [7, 11) is 0. The van der Waals surface area contributed by atoms with E-state index in [1.807, 2.05) is 0 Å². The summed E-state index contributed by atoms with van der Waals surface area (Å²) < 4.78 is 0. The van der Waals surface area contributed by atoms with Crippen molar-refractivity contribution in [3.05, 3.63) is 11.6 Å². The van der Waals surface area contributed by atoms with Crippen molar-refractivity contribution in [3.8, 4) is 0 Å². The van der Waals surface area contributed by atoms with Crippen LogP contribution in [0.25, 0.3) is 0 Å². The topological polar surface area (TPSA) is 20.2 Å². The molecule has 4 aliphatic carbocycles. The van der Waals surface area contributed by atoms with Crippen LogP contribution in [0.4, 0.5) is 0 Å². The van der Waals surface area contributed by atoms with Gasteiger partial charge in [0.05, 0.1) is 6.10 Å². The second-order valence-corrected chi connectivity index (χ2v) is 13.6. The van der Waals surface area contributed by atoms with Gasteiger partial charge in [0.2, 0.25) is 0 Å². The van der Waals surface area contributed by atoms with Crippen LogP contribution in [0.3, 0.4) is 0 Å². The average molecular weight is 429 g/mol. The fourth-order valence-electron chi connectivity index (χ4n) is 9.65. The Morgan fingerprint density at radius 1 is 0.839 bits per heavy atom. The van der Waals surface area contributed by atoms with Crippen molar-refractivity contribution in [2.24, 2.45) is 64.1 Å². The molecular formula is C30H52O. The highest BCUT2D eigenvalue weighted by Crippen LogP contribution is 2.69. The van der Waals surface area contributed by atoms with Crippen molar-refractivity contribution < 1.29 is 5.11 Å². The van der Waals surface area contributed by atoms with Gasteiger partial charge in [0.15, 0.2) is 0 Å². The van der Waals surface area contributed by atoms with E-state index >= 15 is 0 Å². The van der Waals surface area contributed by atoms with Crippen LogP contribution < -0.4 is 0 Å². The minimum Gasteiger partial charge on any atom is -0.393 e. The Kier molecular flexibility index (Phi) is 6.53. The summed E-state index contributed by atoms with van der Waals surface area (Å²) in [5.74, 6) is 7.05. The van der Waals surface area contributed by atoms with Gasteiger partial charge in [0.1, 0.15) is 0 Å². The first-order valence-electron chi connectivity index (χ1n) is 13.9. The van der Waals surface area contributed by atoms with Crippen molar-refractivity contribution >= 4 is 0 Å². The van der Waals surface area contributed by atoms with E-state index in [0.29, 0.717) is 22.7 Å². The zero-order valence-corrected chi connectivity index (χ0v) is 22.0. The Labute approximate surface area is 193 Å². The molecule has 0 saturated heterocycles. The van der Waals surface area contributed by atoms with E-state index < -0.39 is 0 Å². The minimum atomic E-state index is -0.0526. The minimum absolute atomic E-state index is 0.0526. The van der Waals surface area contributed by atoms with Gasteiger partial charge in [-0.05, 0) is 122 Å². The average Bonchev–Trinajstić information content (AvgIpc) is 3.07. The predicted octanol–water partition coefficient (Wildman–Crippen LogP) is 8.13. The van der Waals surface area contributed by atoms with Crippen molar-refractivity contribution in [2.75, 3.05) is 0 Å². The molecule has 11 atom stereocenters. The number of hydrogen-bond donors (Lipinski definition) is 1. The molecule has 0 aromatic carbocycles. The fourth-order valence-corrected chi connectivity index (χ4v) is 9.65. The van der Waals surface area contributed by atoms with Crippen molar-refractivity contribution in [1.29, 1.82) is 0 Å². The molecule has 4 fully saturated rings. The third kappa shape index (κ3) is 3.77. The first-order valence-corrected chi connectivity index (χ1v) is 13.9. The lowest BCUT2D eigenvalue weighted by Crippen LogP contribution is -2.56. The van der Waals surface area contributed by atoms with Gasteiger partial charge in [-0.15, -0.1) is 0 Å². The highest BCUT2D eigenvalue weighted by Gasteiger charge is 2.61. The third-order valence-corrected chi connectivity index (χ3v) is 12.1. The summed E-state index contributed by atoms with van der Waals surface area (Å²) in [5.41, 5.74) is 2.68. The Hall–Kier alpha value is -0.300. The maximum Gasteiger partial charge on any atom is 0.0568 e. The molecule has 178 valence electrons. The van der Waals surface area contributed by atoms with Gasteiger partial charge in [0, 0.05) is 0 Å². The van der Waals surface area contributed by atoms with E-state index in [-0.39, 0.29) is 6.10 Å². The van der Waals surface area contributed by atoms with Gasteiger partial charge in [-0.1, -0.05) is 60.1 Å². The Morgan fingerprint density at radius 3 is 2.13 bits per heavy atom. The number of aliphatic hydroxyl groups is 1. The lowest BCUT2D eigenvalue weighted by atomic mass is 9.43. The molecule has 11 unspecified atom stereocenters. The first-order chi connectivity index (χ1) is 14.5. The van der Waals surface area contributed by atoms with Gasteiger partial charge in [-0.3, -0.25) is 0 Å². The van der Waals surface area contributed by atoms with Gasteiger partial charge < -0.3 is 5.11 Å². The highest BCUT2D eigenvalue weighted by atomic mass is 16.3. The zero-order valence-electron chi connectivity index (χ0n) is 22.0. The largest absolute Gasteiger partial charge is 0.393 e. The lowest BCUT2D eigenvalue weighted by molar-refractivity contribution is -0.148. The lowest BCUT2D eigenvalue weighted by Gasteiger charge is -2.62. The van der Waals surface area contributed by atoms with Gasteiger partial charge in [-0.2, -0.15) is 0 Å². The van der Waals surface area contributed by atoms with Crippen molar-refractivity contribution in [2.45, 2.75) is 113 Å². The summed E-state index contributed by atoms with van der Waals surface area (Å²) in [6, 6.07) is 0. The summed E-state index contributed by atoms with van der Waals surface area (Å²) in [6.45, 7) is 19.8. The molecule has 0 aliphatic heterocycles. The molecule has 4 saturated carbocycles. The molecular weight excluding hydrogens is 376 g/mol. The number of allylic oxidation sites excluding steroid dienone is 2. The summed E-state index contributed by atoms with van der Waals surface area (Å²) >= 11 is 0. The summed E-state index contributed by atoms with van der Waals surface area (Å²) in [5, 5.41) is 10.6. The van der Waals surface area contributed by atoms with Gasteiger partial charge >= 0.3 is 0 Å². The molecule has 0 radical (unpaired) electrons. The van der Waals surface area contributed by atoms with Crippen LogP contribution in [0.2, 0.25) is 0 Å². The Morgan fingerprint density at radius 2 is 1.45 bits per heavy atom. The van der Waals surface area contributed by atoms with Crippen LogP contribution >= 0.6 is 0 Å². The van der Waals surface area contributed by atoms with E-state index in [0.717, 1.165) is 47.8 Å². The molecule has 1 nitrogen and oxygen atoms in total. The van der Waals surface area contributed by atoms with E-state index in [4.69, 9.17) is 0 Å². The molecule has 31 heavy (non-hydrogen) atoms. The van der Waals surface area contributed by atoms with Crippen molar-refractivity contribution in [3.63, 3.8) is 0 Å². The normalized spacial score (nSPS) is 49.9. The van der Waals surface area contributed by atoms with Crippen LogP contribution in [-0.2, 0) is 0 Å². The molecule has 4 rings (SSSR count). The molecule has 1 heteroatoms. The number of fused-ring (bicyclic) bond motifs is 5. The summed E-state index contributed by atoms with van der Waals surface area (Å²) in [6.07, 6.45) is 13.5. The molecule has 0 spiro atoms. The molecule has 0 bridgehead atoms. The number of aliphatic hydroxyl groups excluding tert-OH is 1. The molecule has 4 aliphatic rings. The monoisotopic (exact) mass is 428 g/mol. The van der Waals surface area contributed by atoms with Gasteiger partial charge in [0.25, 0.3) is 0 Å². The van der Waals surface area contributed by atoms with E-state index in [2.05, 4.69) is 61.5 Å². The van der Waals surface area contributed by atoms with Crippen LogP contribution in [0.15, 0.2) is 11.6 Å². The van der Waals surface area contributed by atoms with Crippen LogP contribution in [0.1, 0.15) is 107 Å². The fraction of sp³-hybridized carbons (Fsp3) is 0.933. The smallest absolute Gasteiger partial charge is 0.0568 e. The number of hydrogen-bond acceptors (Lipinski definition) is 1. The standard InChI is InChI=1S/C30H52O/c1-18(2)19(3)17-20(4)21(5)24-11-12-26-23-9-10-25-22(6)28(31)14-16-30(25,8)27(23)13-15-29(24,26)7/h17-19,21-28,31H,9-16H2,1-8H3. The van der Waals surface area contributed by atoms with Crippen LogP contribution in [0.5, 0.6) is 0 Å². The van der Waals surface area contributed by atoms with Crippen LogP contribution in [0, 0.1) is 64.1 Å². The molecule has 0 amide bonds. The SMILES string of the molecule is CC(=CC(C)C(C)C)C(C)C1CCC2C3CCC4C(C)C(O)CCC4(C)C3CCC12C. The van der Waals surface area contributed by atoms with E-state index in [1.54, 1.807) is 5.57 Å². The maximum atomic E-state index is 10.6. The quantitative estimate of drug-likeness (QED) is 0.448. The van der Waals surface area contributed by atoms with E-state index in [9.17, 15) is 5.11 Å². The Balaban J connectivity index is 1.54. The molecule has 0 heterocycles. The molecule has 1 N–H and O–H groups in total. The highest BCUT2D eigenvalue weighted by molar-refractivity contribution is 5.15. The second kappa shape index (κ2) is 8.48. The van der Waals surface area contributed by atoms with E-state index in [1.165, 1.54) is 44.9 Å². The second-order valence-electron chi connectivity index (χ2n) is 13.6. The maximum absolute atomic E-state index is 10.6. The van der Waals surface area contributed by atoms with Gasteiger partial charge in [-0.25, -0.2) is 0 Å². The zero-order chi connectivity index (χ0) is 22.7. The van der Waals surface area contributed by atoms with Crippen molar-refractivity contribution in [1.82, 2.24) is 0 Å². The molecule has 0 aromatic rings. The first kappa shape index (κ1) is 23.8. The third-order valence-electron chi connectivity index (χ3n) is 12.1. The van der Waals surface area contributed by atoms with Crippen LogP contribution in [-0.4, -0.2) is 11.2 Å². The predicted molar refractivity (Wildman–Crippen MR) is 133 cm³/mol. The number of rotatable bonds is 4. The summed E-state index contributed by atoms with van der Waals surface area (Å²) in [4.78, 5) is 0.